The monoisotopic (exact) mass is 814 g/mol. The number of hydrogen-bond donors (Lipinski definition) is 1. The van der Waals surface area contributed by atoms with Gasteiger partial charge in [-0.1, -0.05) is 141 Å². The zero-order valence-corrected chi connectivity index (χ0v) is 35.6. The first kappa shape index (κ1) is 56.7. The Morgan fingerprint density at radius 1 is 0.333 bits per heavy atom. The molecule has 0 rings (SSSR count). The molecule has 0 aromatic carbocycles. The first-order chi connectivity index (χ1) is 21.9. The molecule has 282 valence electrons. The number of rotatable bonds is 32. The van der Waals surface area contributed by atoms with Gasteiger partial charge in [-0.2, -0.15) is 0 Å². The van der Waals surface area contributed by atoms with Crippen LogP contribution >= 0.6 is 0 Å². The zero-order chi connectivity index (χ0) is 33.6. The summed E-state index contributed by atoms with van der Waals surface area (Å²) in [6.45, 7) is 0. The predicted octanol–water partition coefficient (Wildman–Crippen LogP) is 9.55. The maximum atomic E-state index is 10.9. The summed E-state index contributed by atoms with van der Waals surface area (Å²) in [5.41, 5.74) is 0. The van der Waals surface area contributed by atoms with Gasteiger partial charge in [-0.05, 0) is 25.7 Å². The van der Waals surface area contributed by atoms with E-state index < -0.39 is 5.97 Å². The zero-order valence-electron chi connectivity index (χ0n) is 31.1. The van der Waals surface area contributed by atoms with E-state index in [2.05, 4.69) is 14.2 Å². The number of ether oxygens (including phenoxy) is 3. The molecule has 0 aromatic rings. The van der Waals surface area contributed by atoms with Crippen molar-refractivity contribution in [3.8, 4) is 0 Å². The maximum absolute atomic E-state index is 10.9. The fraction of sp³-hybridized carbons (Fsp3) is 0.892. The SMILES string of the molecule is COC(=O)CCCCCCCCCCCCCCCC(=O)O.COC(=O)CCCCCCCCCCCCCCCC(=O)OC.[Ba+2].[OH-].[OH-]. The quantitative estimate of drug-likeness (QED) is 0.0298. The number of esters is 3. The average Bonchev–Trinajstić information content (AvgIpc) is 3.04. The third-order valence-electron chi connectivity index (χ3n) is 8.22. The summed E-state index contributed by atoms with van der Waals surface area (Å²) in [5.74, 6) is -0.946. The molecule has 0 aliphatic carbocycles. The van der Waals surface area contributed by atoms with Crippen LogP contribution in [0.3, 0.4) is 0 Å². The van der Waals surface area contributed by atoms with E-state index in [-0.39, 0.29) is 77.7 Å². The molecular formula is C37H72BaO10. The molecule has 0 radical (unpaired) electrons. The van der Waals surface area contributed by atoms with Crippen molar-refractivity contribution < 1.29 is 49.4 Å². The van der Waals surface area contributed by atoms with E-state index in [0.29, 0.717) is 25.7 Å². The number of carboxylic acids is 1. The smallest absolute Gasteiger partial charge is 0.870 e. The third kappa shape index (κ3) is 52.2. The molecule has 0 aliphatic heterocycles. The molecule has 0 saturated carbocycles. The van der Waals surface area contributed by atoms with Gasteiger partial charge in [0.25, 0.3) is 0 Å². The Bertz CT molecular complexity index is 663. The van der Waals surface area contributed by atoms with Gasteiger partial charge in [0, 0.05) is 25.7 Å². The topological polar surface area (TPSA) is 176 Å². The summed E-state index contributed by atoms with van der Waals surface area (Å²) in [6.07, 6.45) is 33.3. The van der Waals surface area contributed by atoms with Gasteiger partial charge in [-0.25, -0.2) is 0 Å². The molecule has 0 unspecified atom stereocenters. The predicted molar refractivity (Wildman–Crippen MR) is 192 cm³/mol. The van der Waals surface area contributed by atoms with Gasteiger partial charge >= 0.3 is 72.8 Å². The van der Waals surface area contributed by atoms with Crippen molar-refractivity contribution >= 4 is 72.8 Å². The minimum Gasteiger partial charge on any atom is -0.870 e. The van der Waals surface area contributed by atoms with E-state index in [9.17, 15) is 19.2 Å². The van der Waals surface area contributed by atoms with Gasteiger partial charge in [-0.3, -0.25) is 19.2 Å². The molecule has 0 atom stereocenters. The second-order valence-corrected chi connectivity index (χ2v) is 12.3. The number of hydrogen-bond acceptors (Lipinski definition) is 9. The second kappa shape index (κ2) is 48.5. The Morgan fingerprint density at radius 3 is 0.625 bits per heavy atom. The standard InChI is InChI=1S/C19H36O4.C18H34O4.Ba.2H2O/c1-22-18(20)16-14-12-10-8-6-4-3-5-7-9-11-13-15-17-19(21)23-2;1-22-18(21)16-14-12-10-8-6-4-2-3-5-7-9-11-13-15-17(19)20;;;/h3-17H2,1-2H3;2-16H2,1H3,(H,19,20);;2*1H2/q;;+2;;/p-2. The fourth-order valence-electron chi connectivity index (χ4n) is 5.28. The molecule has 11 heteroatoms. The number of methoxy groups -OCH3 is 3. The molecule has 10 nitrogen and oxygen atoms in total. The minimum atomic E-state index is -0.676. The summed E-state index contributed by atoms with van der Waals surface area (Å²) >= 11 is 0. The molecule has 0 heterocycles. The van der Waals surface area contributed by atoms with Gasteiger partial charge in [0.05, 0.1) is 21.3 Å². The van der Waals surface area contributed by atoms with Gasteiger partial charge in [0.15, 0.2) is 0 Å². The molecule has 0 spiro atoms. The van der Waals surface area contributed by atoms with Crippen LogP contribution < -0.4 is 0 Å². The molecule has 0 aromatic heterocycles. The normalized spacial score (nSPS) is 9.90. The number of carbonyl (C=O) groups excluding carboxylic acids is 3. The fourth-order valence-corrected chi connectivity index (χ4v) is 5.28. The number of carbonyl (C=O) groups is 4. The molecule has 0 bridgehead atoms. The van der Waals surface area contributed by atoms with Crippen LogP contribution in [0.15, 0.2) is 0 Å². The van der Waals surface area contributed by atoms with Gasteiger partial charge in [-0.15, -0.1) is 0 Å². The van der Waals surface area contributed by atoms with E-state index in [4.69, 9.17) is 5.11 Å². The van der Waals surface area contributed by atoms with Crippen molar-refractivity contribution in [3.05, 3.63) is 0 Å². The Labute approximate surface area is 333 Å². The first-order valence-corrected chi connectivity index (χ1v) is 18.3. The van der Waals surface area contributed by atoms with Crippen LogP contribution in [0.1, 0.15) is 193 Å². The molecule has 48 heavy (non-hydrogen) atoms. The Balaban J connectivity index is -0.000000242. The van der Waals surface area contributed by atoms with E-state index in [1.165, 1.54) is 137 Å². The minimum absolute atomic E-state index is 0. The van der Waals surface area contributed by atoms with E-state index >= 15 is 0 Å². The number of carboxylic acid groups (broad SMARTS) is 1. The van der Waals surface area contributed by atoms with E-state index in [1.807, 2.05) is 0 Å². The van der Waals surface area contributed by atoms with Gasteiger partial charge < -0.3 is 30.3 Å². The van der Waals surface area contributed by atoms with Crippen LogP contribution in [-0.4, -0.2) is 110 Å². The van der Waals surface area contributed by atoms with Crippen LogP contribution in [0.2, 0.25) is 0 Å². The molecule has 0 aliphatic rings. The largest absolute Gasteiger partial charge is 2.00 e. The van der Waals surface area contributed by atoms with Gasteiger partial charge in [0.1, 0.15) is 0 Å². The Hall–Kier alpha value is -0.629. The summed E-state index contributed by atoms with van der Waals surface area (Å²) in [6, 6.07) is 0. The summed E-state index contributed by atoms with van der Waals surface area (Å²) < 4.78 is 13.8. The van der Waals surface area contributed by atoms with Crippen molar-refractivity contribution in [3.63, 3.8) is 0 Å². The van der Waals surface area contributed by atoms with Crippen LogP contribution in [0, 0.1) is 0 Å². The average molecular weight is 814 g/mol. The van der Waals surface area contributed by atoms with Crippen LogP contribution in [0.25, 0.3) is 0 Å². The Kier molecular flexibility index (Phi) is 57.3. The van der Waals surface area contributed by atoms with Crippen molar-refractivity contribution in [2.75, 3.05) is 21.3 Å². The molecule has 3 N–H and O–H groups in total. The van der Waals surface area contributed by atoms with Crippen molar-refractivity contribution in [2.45, 2.75) is 193 Å². The van der Waals surface area contributed by atoms with E-state index in [0.717, 1.165) is 51.4 Å². The van der Waals surface area contributed by atoms with Crippen LogP contribution in [0.4, 0.5) is 0 Å². The Morgan fingerprint density at radius 2 is 0.479 bits per heavy atom. The first-order valence-electron chi connectivity index (χ1n) is 18.3. The summed E-state index contributed by atoms with van der Waals surface area (Å²) in [5, 5.41) is 8.52. The van der Waals surface area contributed by atoms with Gasteiger partial charge in [0.2, 0.25) is 0 Å². The van der Waals surface area contributed by atoms with Crippen LogP contribution in [-0.2, 0) is 33.4 Å². The molecule has 0 saturated heterocycles. The van der Waals surface area contributed by atoms with Crippen molar-refractivity contribution in [1.29, 1.82) is 0 Å². The van der Waals surface area contributed by atoms with E-state index in [1.54, 1.807) is 0 Å². The maximum Gasteiger partial charge on any atom is 2.00 e. The number of unbranched alkanes of at least 4 members (excludes halogenated alkanes) is 24. The molecular weight excluding hydrogens is 742 g/mol. The summed E-state index contributed by atoms with van der Waals surface area (Å²) in [7, 11) is 4.34. The van der Waals surface area contributed by atoms with Crippen molar-refractivity contribution in [2.24, 2.45) is 0 Å². The van der Waals surface area contributed by atoms with Crippen LogP contribution in [0.5, 0.6) is 0 Å². The third-order valence-corrected chi connectivity index (χ3v) is 8.22. The second-order valence-electron chi connectivity index (χ2n) is 12.3. The summed E-state index contributed by atoms with van der Waals surface area (Å²) in [4.78, 5) is 43.1. The number of aliphatic carboxylic acids is 1. The van der Waals surface area contributed by atoms with Crippen molar-refractivity contribution in [1.82, 2.24) is 0 Å². The molecule has 0 amide bonds. The molecule has 0 fully saturated rings.